The van der Waals surface area contributed by atoms with Crippen LogP contribution in [0.2, 0.25) is 0 Å². The van der Waals surface area contributed by atoms with Crippen molar-refractivity contribution < 1.29 is 9.59 Å². The topological polar surface area (TPSA) is 58.2 Å². The Kier molecular flexibility index (Phi) is 4.71. The van der Waals surface area contributed by atoms with Crippen LogP contribution in [0.3, 0.4) is 0 Å². The van der Waals surface area contributed by atoms with Crippen LogP contribution in [-0.4, -0.2) is 11.8 Å². The SMILES string of the molecule is CC(NC(=O)C1(C(=O)Nc2cccc(Br)c2)CC1)c1ccccc1. The average molecular weight is 387 g/mol. The molecule has 4 nitrogen and oxygen atoms in total. The number of halogens is 1. The van der Waals surface area contributed by atoms with Crippen LogP contribution in [0.5, 0.6) is 0 Å². The van der Waals surface area contributed by atoms with E-state index in [-0.39, 0.29) is 17.9 Å². The summed E-state index contributed by atoms with van der Waals surface area (Å²) in [6, 6.07) is 17.0. The fourth-order valence-corrected chi connectivity index (χ4v) is 3.06. The van der Waals surface area contributed by atoms with Crippen LogP contribution in [0.1, 0.15) is 31.4 Å². The molecule has 1 fully saturated rings. The summed E-state index contributed by atoms with van der Waals surface area (Å²) in [5.74, 6) is -0.440. The molecule has 2 aromatic carbocycles. The Labute approximate surface area is 149 Å². The van der Waals surface area contributed by atoms with Crippen molar-refractivity contribution in [3.05, 3.63) is 64.6 Å². The van der Waals surface area contributed by atoms with E-state index in [1.807, 2.05) is 61.5 Å². The van der Waals surface area contributed by atoms with Crippen LogP contribution in [0.4, 0.5) is 5.69 Å². The second kappa shape index (κ2) is 6.77. The number of anilines is 1. The number of hydrogen-bond donors (Lipinski definition) is 2. The lowest BCUT2D eigenvalue weighted by molar-refractivity contribution is -0.134. The number of amides is 2. The monoisotopic (exact) mass is 386 g/mol. The predicted molar refractivity (Wildman–Crippen MR) is 97.4 cm³/mol. The molecule has 1 aliphatic carbocycles. The fraction of sp³-hybridized carbons (Fsp3) is 0.263. The number of rotatable bonds is 5. The number of carbonyl (C=O) groups is 2. The molecule has 0 spiro atoms. The van der Waals surface area contributed by atoms with Gasteiger partial charge in [-0.25, -0.2) is 0 Å². The molecule has 24 heavy (non-hydrogen) atoms. The summed E-state index contributed by atoms with van der Waals surface area (Å²) >= 11 is 3.38. The lowest BCUT2D eigenvalue weighted by atomic mass is 10.0. The molecule has 0 aromatic heterocycles. The van der Waals surface area contributed by atoms with Crippen LogP contribution >= 0.6 is 15.9 Å². The molecule has 5 heteroatoms. The van der Waals surface area contributed by atoms with Gasteiger partial charge in [0.2, 0.25) is 11.8 Å². The van der Waals surface area contributed by atoms with E-state index in [4.69, 9.17) is 0 Å². The molecule has 0 heterocycles. The fourth-order valence-electron chi connectivity index (χ4n) is 2.66. The van der Waals surface area contributed by atoms with E-state index in [1.165, 1.54) is 0 Å². The van der Waals surface area contributed by atoms with E-state index in [2.05, 4.69) is 26.6 Å². The molecule has 1 saturated carbocycles. The van der Waals surface area contributed by atoms with Gasteiger partial charge in [-0.1, -0.05) is 52.3 Å². The molecule has 0 saturated heterocycles. The van der Waals surface area contributed by atoms with Gasteiger partial charge >= 0.3 is 0 Å². The predicted octanol–water partition coefficient (Wildman–Crippen LogP) is 4.05. The van der Waals surface area contributed by atoms with Crippen molar-refractivity contribution in [2.24, 2.45) is 5.41 Å². The molecule has 2 aromatic rings. The van der Waals surface area contributed by atoms with Crippen molar-refractivity contribution in [3.8, 4) is 0 Å². The third-order valence-electron chi connectivity index (χ3n) is 4.35. The first-order valence-electron chi connectivity index (χ1n) is 7.94. The van der Waals surface area contributed by atoms with Gasteiger partial charge in [-0.05, 0) is 43.5 Å². The van der Waals surface area contributed by atoms with Gasteiger partial charge < -0.3 is 10.6 Å². The summed E-state index contributed by atoms with van der Waals surface area (Å²) in [6.45, 7) is 1.93. The van der Waals surface area contributed by atoms with Gasteiger partial charge in [0.15, 0.2) is 0 Å². The average Bonchev–Trinajstić information content (AvgIpc) is 3.37. The second-order valence-electron chi connectivity index (χ2n) is 6.15. The standard InChI is InChI=1S/C19H19BrN2O2/c1-13(14-6-3-2-4-7-14)21-17(23)19(10-11-19)18(24)22-16-9-5-8-15(20)12-16/h2-9,12-13H,10-11H2,1H3,(H,21,23)(H,22,24). The molecule has 0 aliphatic heterocycles. The van der Waals surface area contributed by atoms with Crippen molar-refractivity contribution in [1.82, 2.24) is 5.32 Å². The molecule has 3 rings (SSSR count). The van der Waals surface area contributed by atoms with Gasteiger partial charge in [-0.15, -0.1) is 0 Å². The first kappa shape index (κ1) is 16.7. The van der Waals surface area contributed by atoms with E-state index in [0.717, 1.165) is 10.0 Å². The smallest absolute Gasteiger partial charge is 0.240 e. The molecule has 0 bridgehead atoms. The molecular weight excluding hydrogens is 368 g/mol. The summed E-state index contributed by atoms with van der Waals surface area (Å²) < 4.78 is 0.882. The zero-order chi connectivity index (χ0) is 17.2. The highest BCUT2D eigenvalue weighted by atomic mass is 79.9. The summed E-state index contributed by atoms with van der Waals surface area (Å²) in [4.78, 5) is 25.2. The Balaban J connectivity index is 1.66. The van der Waals surface area contributed by atoms with Gasteiger partial charge in [0.1, 0.15) is 5.41 Å². The minimum absolute atomic E-state index is 0.130. The lowest BCUT2D eigenvalue weighted by Gasteiger charge is -2.19. The van der Waals surface area contributed by atoms with E-state index in [1.54, 1.807) is 0 Å². The summed E-state index contributed by atoms with van der Waals surface area (Å²) in [5, 5.41) is 5.82. The maximum atomic E-state index is 12.6. The number of nitrogens with one attached hydrogen (secondary N) is 2. The van der Waals surface area contributed by atoms with E-state index >= 15 is 0 Å². The van der Waals surface area contributed by atoms with Crippen LogP contribution in [0.15, 0.2) is 59.1 Å². The van der Waals surface area contributed by atoms with Crippen molar-refractivity contribution in [2.75, 3.05) is 5.32 Å². The number of benzene rings is 2. The highest BCUT2D eigenvalue weighted by molar-refractivity contribution is 9.10. The molecule has 1 unspecified atom stereocenters. The number of carbonyl (C=O) groups excluding carboxylic acids is 2. The highest BCUT2D eigenvalue weighted by Crippen LogP contribution is 2.47. The summed E-state index contributed by atoms with van der Waals surface area (Å²) in [7, 11) is 0. The molecular formula is C19H19BrN2O2. The Bertz CT molecular complexity index is 757. The lowest BCUT2D eigenvalue weighted by Crippen LogP contribution is -2.41. The Morgan fingerprint density at radius 3 is 2.38 bits per heavy atom. The van der Waals surface area contributed by atoms with Gasteiger partial charge in [0.05, 0.1) is 6.04 Å². The van der Waals surface area contributed by atoms with E-state index in [9.17, 15) is 9.59 Å². The second-order valence-corrected chi connectivity index (χ2v) is 7.07. The van der Waals surface area contributed by atoms with Gasteiger partial charge in [-0.2, -0.15) is 0 Å². The van der Waals surface area contributed by atoms with Crippen molar-refractivity contribution >= 4 is 33.4 Å². The van der Waals surface area contributed by atoms with Crippen molar-refractivity contribution in [2.45, 2.75) is 25.8 Å². The third-order valence-corrected chi connectivity index (χ3v) is 4.84. The number of hydrogen-bond acceptors (Lipinski definition) is 2. The Morgan fingerprint density at radius 2 is 1.75 bits per heavy atom. The zero-order valence-corrected chi connectivity index (χ0v) is 15.0. The first-order valence-corrected chi connectivity index (χ1v) is 8.73. The van der Waals surface area contributed by atoms with Crippen LogP contribution in [0.25, 0.3) is 0 Å². The van der Waals surface area contributed by atoms with Gasteiger partial charge in [-0.3, -0.25) is 9.59 Å². The van der Waals surface area contributed by atoms with Crippen molar-refractivity contribution in [1.29, 1.82) is 0 Å². The van der Waals surface area contributed by atoms with Crippen LogP contribution in [-0.2, 0) is 9.59 Å². The maximum Gasteiger partial charge on any atom is 0.240 e. The van der Waals surface area contributed by atoms with Crippen LogP contribution in [0, 0.1) is 5.41 Å². The molecule has 0 radical (unpaired) electrons. The Hall–Kier alpha value is -2.14. The third kappa shape index (κ3) is 3.51. The summed E-state index contributed by atoms with van der Waals surface area (Å²) in [5.41, 5.74) is 0.768. The molecule has 2 amide bonds. The normalized spacial score (nSPS) is 16.1. The summed E-state index contributed by atoms with van der Waals surface area (Å²) in [6.07, 6.45) is 1.17. The molecule has 2 N–H and O–H groups in total. The zero-order valence-electron chi connectivity index (χ0n) is 13.4. The highest BCUT2D eigenvalue weighted by Gasteiger charge is 2.56. The van der Waals surface area contributed by atoms with Gasteiger partial charge in [0, 0.05) is 10.2 Å². The van der Waals surface area contributed by atoms with Gasteiger partial charge in [0.25, 0.3) is 0 Å². The van der Waals surface area contributed by atoms with E-state index < -0.39 is 5.41 Å². The first-order chi connectivity index (χ1) is 11.5. The molecule has 124 valence electrons. The minimum Gasteiger partial charge on any atom is -0.349 e. The van der Waals surface area contributed by atoms with Crippen molar-refractivity contribution in [3.63, 3.8) is 0 Å². The Morgan fingerprint density at radius 1 is 1.04 bits per heavy atom. The molecule has 1 aliphatic rings. The maximum absolute atomic E-state index is 12.6. The van der Waals surface area contributed by atoms with E-state index in [0.29, 0.717) is 18.5 Å². The molecule has 1 atom stereocenters. The quantitative estimate of drug-likeness (QED) is 0.761. The van der Waals surface area contributed by atoms with Crippen LogP contribution < -0.4 is 10.6 Å². The minimum atomic E-state index is -0.939. The largest absolute Gasteiger partial charge is 0.349 e.